The molecule has 0 spiro atoms. The lowest BCUT2D eigenvalue weighted by Gasteiger charge is -2.14. The van der Waals surface area contributed by atoms with Gasteiger partial charge >= 0.3 is 0 Å². The first-order chi connectivity index (χ1) is 9.47. The van der Waals surface area contributed by atoms with Crippen LogP contribution in [0.25, 0.3) is 11.1 Å². The van der Waals surface area contributed by atoms with Crippen molar-refractivity contribution < 1.29 is 4.39 Å². The van der Waals surface area contributed by atoms with Crippen LogP contribution in [0.5, 0.6) is 0 Å². The molecule has 0 heterocycles. The predicted octanol–water partition coefficient (Wildman–Crippen LogP) is 5.30. The Labute approximate surface area is 128 Å². The molecular weight excluding hydrogens is 296 g/mol. The van der Waals surface area contributed by atoms with Gasteiger partial charge in [0.15, 0.2) is 0 Å². The Morgan fingerprint density at radius 2 is 1.80 bits per heavy atom. The van der Waals surface area contributed by atoms with Crippen LogP contribution < -0.4 is 5.32 Å². The second-order valence-corrected chi connectivity index (χ2v) is 5.80. The summed E-state index contributed by atoms with van der Waals surface area (Å²) in [5.41, 5.74) is 2.79. The maximum absolute atomic E-state index is 13.2. The van der Waals surface area contributed by atoms with E-state index in [-0.39, 0.29) is 5.82 Å². The average molecular weight is 312 g/mol. The maximum Gasteiger partial charge on any atom is 0.124 e. The molecule has 0 aliphatic heterocycles. The molecule has 0 aliphatic carbocycles. The topological polar surface area (TPSA) is 12.0 Å². The van der Waals surface area contributed by atoms with Gasteiger partial charge < -0.3 is 5.32 Å². The van der Waals surface area contributed by atoms with Crippen LogP contribution in [0.1, 0.15) is 19.4 Å². The fraction of sp³-hybridized carbons (Fsp3) is 0.250. The third-order valence-corrected chi connectivity index (χ3v) is 3.54. The minimum Gasteiger partial charge on any atom is -0.310 e. The zero-order valence-corrected chi connectivity index (χ0v) is 12.9. The number of benzene rings is 2. The summed E-state index contributed by atoms with van der Waals surface area (Å²) in [4.78, 5) is 0. The molecular formula is C16H16Cl2FN. The fourth-order valence-electron chi connectivity index (χ4n) is 1.98. The van der Waals surface area contributed by atoms with Gasteiger partial charge in [-0.05, 0) is 41.5 Å². The van der Waals surface area contributed by atoms with Gasteiger partial charge in [0.25, 0.3) is 0 Å². The number of hydrogen-bond donors (Lipinski definition) is 1. The van der Waals surface area contributed by atoms with Gasteiger partial charge in [0, 0.05) is 23.2 Å². The van der Waals surface area contributed by atoms with Crippen LogP contribution in [0.4, 0.5) is 4.39 Å². The monoisotopic (exact) mass is 311 g/mol. The van der Waals surface area contributed by atoms with Crippen LogP contribution >= 0.6 is 23.2 Å². The molecule has 0 radical (unpaired) electrons. The SMILES string of the molecule is CC(C)NCc1ccc(Cl)cc1-c1ccc(F)cc1Cl. The number of halogens is 3. The molecule has 2 rings (SSSR count). The van der Waals surface area contributed by atoms with Crippen molar-refractivity contribution in [1.29, 1.82) is 0 Å². The van der Waals surface area contributed by atoms with Crippen molar-refractivity contribution >= 4 is 23.2 Å². The summed E-state index contributed by atoms with van der Waals surface area (Å²) in [6.45, 7) is 4.87. The summed E-state index contributed by atoms with van der Waals surface area (Å²) in [6, 6.07) is 10.5. The first-order valence-corrected chi connectivity index (χ1v) is 7.20. The molecule has 1 N–H and O–H groups in total. The Morgan fingerprint density at radius 1 is 1.05 bits per heavy atom. The second-order valence-electron chi connectivity index (χ2n) is 4.96. The second kappa shape index (κ2) is 6.57. The standard InChI is InChI=1S/C16H16Cl2FN/c1-10(2)20-9-11-3-4-12(17)7-15(11)14-6-5-13(19)8-16(14)18/h3-8,10,20H,9H2,1-2H3. The summed E-state index contributed by atoms with van der Waals surface area (Å²) < 4.78 is 13.2. The molecule has 2 aromatic rings. The van der Waals surface area contributed by atoms with Crippen molar-refractivity contribution in [1.82, 2.24) is 5.32 Å². The molecule has 0 amide bonds. The molecule has 0 saturated carbocycles. The highest BCUT2D eigenvalue weighted by Gasteiger charge is 2.11. The van der Waals surface area contributed by atoms with E-state index in [1.54, 1.807) is 6.07 Å². The summed E-state index contributed by atoms with van der Waals surface area (Å²) in [6.07, 6.45) is 0. The zero-order valence-electron chi connectivity index (χ0n) is 11.4. The average Bonchev–Trinajstić information content (AvgIpc) is 2.37. The van der Waals surface area contributed by atoms with E-state index >= 15 is 0 Å². The highest BCUT2D eigenvalue weighted by atomic mass is 35.5. The number of nitrogens with one attached hydrogen (secondary N) is 1. The minimum absolute atomic E-state index is 0.345. The summed E-state index contributed by atoms with van der Waals surface area (Å²) >= 11 is 12.2. The van der Waals surface area contributed by atoms with Crippen molar-refractivity contribution in [2.24, 2.45) is 0 Å². The maximum atomic E-state index is 13.2. The molecule has 0 aromatic heterocycles. The van der Waals surface area contributed by atoms with Crippen molar-refractivity contribution in [3.63, 3.8) is 0 Å². The Bertz CT molecular complexity index is 611. The number of hydrogen-bond acceptors (Lipinski definition) is 1. The molecule has 20 heavy (non-hydrogen) atoms. The van der Waals surface area contributed by atoms with Gasteiger partial charge in [-0.2, -0.15) is 0 Å². The Balaban J connectivity index is 2.45. The van der Waals surface area contributed by atoms with Gasteiger partial charge in [-0.25, -0.2) is 4.39 Å². The highest BCUT2D eigenvalue weighted by Crippen LogP contribution is 2.33. The lowest BCUT2D eigenvalue weighted by molar-refractivity contribution is 0.589. The van der Waals surface area contributed by atoms with E-state index in [4.69, 9.17) is 23.2 Å². The Morgan fingerprint density at radius 3 is 2.45 bits per heavy atom. The van der Waals surface area contributed by atoms with Crippen LogP contribution in [-0.4, -0.2) is 6.04 Å². The Kier molecular flexibility index (Phi) is 5.03. The molecule has 106 valence electrons. The summed E-state index contributed by atoms with van der Waals surface area (Å²) in [5.74, 6) is -0.345. The highest BCUT2D eigenvalue weighted by molar-refractivity contribution is 6.34. The quantitative estimate of drug-likeness (QED) is 0.808. The van der Waals surface area contributed by atoms with Crippen molar-refractivity contribution in [2.45, 2.75) is 26.4 Å². The molecule has 1 nitrogen and oxygen atoms in total. The van der Waals surface area contributed by atoms with E-state index in [9.17, 15) is 4.39 Å². The third-order valence-electron chi connectivity index (χ3n) is 2.99. The summed E-state index contributed by atoms with van der Waals surface area (Å²) in [5, 5.41) is 4.38. The lowest BCUT2D eigenvalue weighted by atomic mass is 9.99. The molecule has 2 aromatic carbocycles. The van der Waals surface area contributed by atoms with Gasteiger partial charge in [-0.1, -0.05) is 43.1 Å². The van der Waals surface area contributed by atoms with Crippen LogP contribution in [0, 0.1) is 5.82 Å². The molecule has 0 fully saturated rings. The van der Waals surface area contributed by atoms with Gasteiger partial charge in [-0.3, -0.25) is 0 Å². The van der Waals surface area contributed by atoms with E-state index in [2.05, 4.69) is 19.2 Å². The van der Waals surface area contributed by atoms with E-state index in [0.717, 1.165) is 16.7 Å². The van der Waals surface area contributed by atoms with E-state index < -0.39 is 0 Å². The van der Waals surface area contributed by atoms with E-state index in [1.807, 2.05) is 18.2 Å². The summed E-state index contributed by atoms with van der Waals surface area (Å²) in [7, 11) is 0. The first-order valence-electron chi connectivity index (χ1n) is 6.44. The van der Waals surface area contributed by atoms with Crippen molar-refractivity contribution in [3.05, 3.63) is 57.8 Å². The predicted molar refractivity (Wildman–Crippen MR) is 83.8 cm³/mol. The van der Waals surface area contributed by atoms with Crippen LogP contribution in [0.2, 0.25) is 10.0 Å². The van der Waals surface area contributed by atoms with Crippen LogP contribution in [0.3, 0.4) is 0 Å². The third kappa shape index (κ3) is 3.72. The van der Waals surface area contributed by atoms with E-state index in [1.165, 1.54) is 12.1 Å². The largest absolute Gasteiger partial charge is 0.310 e. The van der Waals surface area contributed by atoms with Crippen LogP contribution in [0.15, 0.2) is 36.4 Å². The van der Waals surface area contributed by atoms with Gasteiger partial charge in [-0.15, -0.1) is 0 Å². The molecule has 0 unspecified atom stereocenters. The van der Waals surface area contributed by atoms with Gasteiger partial charge in [0.1, 0.15) is 5.82 Å². The molecule has 0 atom stereocenters. The van der Waals surface area contributed by atoms with Crippen molar-refractivity contribution in [3.8, 4) is 11.1 Å². The number of rotatable bonds is 4. The normalized spacial score (nSPS) is 11.1. The zero-order chi connectivity index (χ0) is 14.7. The van der Waals surface area contributed by atoms with E-state index in [0.29, 0.717) is 22.6 Å². The Hall–Kier alpha value is -1.09. The van der Waals surface area contributed by atoms with Crippen molar-refractivity contribution in [2.75, 3.05) is 0 Å². The first kappa shape index (κ1) is 15.3. The minimum atomic E-state index is -0.345. The van der Waals surface area contributed by atoms with Gasteiger partial charge in [0.2, 0.25) is 0 Å². The molecule has 0 bridgehead atoms. The fourth-order valence-corrected chi connectivity index (χ4v) is 2.42. The molecule has 0 aliphatic rings. The molecule has 0 saturated heterocycles. The smallest absolute Gasteiger partial charge is 0.124 e. The van der Waals surface area contributed by atoms with Crippen LogP contribution in [-0.2, 0) is 6.54 Å². The van der Waals surface area contributed by atoms with Gasteiger partial charge in [0.05, 0.1) is 5.02 Å². The lowest BCUT2D eigenvalue weighted by Crippen LogP contribution is -2.22. The molecule has 4 heteroatoms.